The van der Waals surface area contributed by atoms with Crippen LogP contribution >= 0.6 is 0 Å². The Morgan fingerprint density at radius 1 is 1.07 bits per heavy atom. The molecular formula is C18H18F4N4O2. The van der Waals surface area contributed by atoms with E-state index in [9.17, 15) is 27.2 Å². The molecule has 0 radical (unpaired) electrons. The molecule has 10 heteroatoms. The third kappa shape index (κ3) is 3.46. The molecule has 0 bridgehead atoms. The van der Waals surface area contributed by atoms with Crippen molar-refractivity contribution in [3.63, 3.8) is 0 Å². The topological polar surface area (TPSA) is 83.5 Å². The maximum atomic E-state index is 13.5. The van der Waals surface area contributed by atoms with Crippen molar-refractivity contribution in [3.8, 4) is 0 Å². The monoisotopic (exact) mass is 398 g/mol. The van der Waals surface area contributed by atoms with Crippen molar-refractivity contribution in [2.24, 2.45) is 5.41 Å². The fraction of sp³-hybridized carbons (Fsp3) is 0.389. The van der Waals surface area contributed by atoms with Crippen LogP contribution in [0.5, 0.6) is 0 Å². The van der Waals surface area contributed by atoms with Crippen LogP contribution in [0.25, 0.3) is 11.0 Å². The Bertz CT molecular complexity index is 1120. The highest BCUT2D eigenvalue weighted by Gasteiger charge is 2.34. The Kier molecular flexibility index (Phi) is 4.68. The van der Waals surface area contributed by atoms with E-state index in [1.165, 1.54) is 16.8 Å². The average Bonchev–Trinajstić information content (AvgIpc) is 2.92. The molecule has 28 heavy (non-hydrogen) atoms. The number of halogens is 4. The molecule has 1 atom stereocenters. The van der Waals surface area contributed by atoms with Crippen LogP contribution in [0.15, 0.2) is 33.9 Å². The summed E-state index contributed by atoms with van der Waals surface area (Å²) in [4.78, 5) is 28.4. The molecular weight excluding hydrogens is 380 g/mol. The fourth-order valence-electron chi connectivity index (χ4n) is 3.29. The molecule has 0 spiro atoms. The summed E-state index contributed by atoms with van der Waals surface area (Å²) < 4.78 is 53.4. The number of fused-ring (bicyclic) bond motifs is 1. The smallest absolute Gasteiger partial charge is 0.291 e. The molecule has 0 aliphatic carbocycles. The van der Waals surface area contributed by atoms with Crippen LogP contribution in [0.4, 0.5) is 17.6 Å². The third-order valence-electron chi connectivity index (χ3n) is 4.41. The van der Waals surface area contributed by atoms with E-state index in [4.69, 9.17) is 0 Å². The van der Waals surface area contributed by atoms with Gasteiger partial charge in [-0.2, -0.15) is 18.3 Å². The zero-order valence-corrected chi connectivity index (χ0v) is 15.3. The number of nitrogens with zero attached hydrogens (tertiary/aromatic N) is 2. The maximum Gasteiger partial charge on any atom is 0.416 e. The minimum absolute atomic E-state index is 0.0150. The number of hydrogen-bond acceptors (Lipinski definition) is 3. The zero-order chi connectivity index (χ0) is 20.9. The second-order valence-corrected chi connectivity index (χ2v) is 7.55. The van der Waals surface area contributed by atoms with Gasteiger partial charge in [0.2, 0.25) is 0 Å². The maximum absolute atomic E-state index is 13.5. The Labute approximate surface area is 156 Å². The molecule has 0 amide bonds. The molecule has 0 aliphatic heterocycles. The molecule has 0 unspecified atom stereocenters. The third-order valence-corrected chi connectivity index (χ3v) is 4.41. The predicted molar refractivity (Wildman–Crippen MR) is 94.8 cm³/mol. The lowest BCUT2D eigenvalue weighted by molar-refractivity contribution is -0.137. The lowest BCUT2D eigenvalue weighted by Crippen LogP contribution is -2.29. The van der Waals surface area contributed by atoms with Crippen molar-refractivity contribution in [2.75, 3.05) is 0 Å². The number of nitrogens with one attached hydrogen (secondary N) is 2. The summed E-state index contributed by atoms with van der Waals surface area (Å²) in [5, 5.41) is 4.06. The Morgan fingerprint density at radius 2 is 1.68 bits per heavy atom. The largest absolute Gasteiger partial charge is 0.416 e. The van der Waals surface area contributed by atoms with Gasteiger partial charge in [0.1, 0.15) is 23.4 Å². The number of alkyl halides is 4. The Balaban J connectivity index is 2.28. The van der Waals surface area contributed by atoms with Gasteiger partial charge < -0.3 is 0 Å². The van der Waals surface area contributed by atoms with E-state index in [0.717, 1.165) is 12.1 Å². The van der Waals surface area contributed by atoms with Gasteiger partial charge in [0.15, 0.2) is 0 Å². The number of rotatable bonds is 3. The van der Waals surface area contributed by atoms with Crippen molar-refractivity contribution in [3.05, 3.63) is 61.9 Å². The van der Waals surface area contributed by atoms with Crippen LogP contribution in [0.1, 0.15) is 43.6 Å². The summed E-state index contributed by atoms with van der Waals surface area (Å²) >= 11 is 0. The van der Waals surface area contributed by atoms with E-state index in [1.54, 1.807) is 0 Å². The number of H-pyrrole nitrogens is 2. The molecule has 150 valence electrons. The van der Waals surface area contributed by atoms with Crippen molar-refractivity contribution in [1.29, 1.82) is 0 Å². The summed E-state index contributed by atoms with van der Waals surface area (Å²) in [6.45, 7) is 4.43. The first-order valence-electron chi connectivity index (χ1n) is 8.40. The molecule has 0 saturated carbocycles. The van der Waals surface area contributed by atoms with Crippen molar-refractivity contribution in [2.45, 2.75) is 39.7 Å². The lowest BCUT2D eigenvalue weighted by Gasteiger charge is -2.32. The van der Waals surface area contributed by atoms with Gasteiger partial charge in [-0.1, -0.05) is 32.9 Å². The second-order valence-electron chi connectivity index (χ2n) is 7.55. The fourth-order valence-corrected chi connectivity index (χ4v) is 3.29. The molecule has 1 aromatic carbocycles. The van der Waals surface area contributed by atoms with Crippen molar-refractivity contribution >= 4 is 11.0 Å². The highest BCUT2D eigenvalue weighted by Crippen LogP contribution is 2.39. The van der Waals surface area contributed by atoms with Gasteiger partial charge >= 0.3 is 11.9 Å². The van der Waals surface area contributed by atoms with Gasteiger partial charge in [-0.15, -0.1) is 0 Å². The quantitative estimate of drug-likeness (QED) is 0.662. The molecule has 0 aliphatic rings. The standard InChI is InChI=1S/C18H18F4N4O2/c1-17(2,3)13(9-4-6-10(7-5-9)18(20,21)22)26-14-12(11(8-19)25-26)15(27)24-16(28)23-14/h4-7,13H,8H2,1-3H3,(H2,23,24,27,28)/t13-/m0/s1. The Hall–Kier alpha value is -2.91. The summed E-state index contributed by atoms with van der Waals surface area (Å²) in [5.41, 5.74) is -2.64. The number of aromatic nitrogens is 4. The van der Waals surface area contributed by atoms with Crippen LogP contribution < -0.4 is 11.2 Å². The summed E-state index contributed by atoms with van der Waals surface area (Å²) in [6.07, 6.45) is -4.48. The molecule has 2 heterocycles. The highest BCUT2D eigenvalue weighted by molar-refractivity contribution is 5.77. The number of hydrogen-bond donors (Lipinski definition) is 2. The van der Waals surface area contributed by atoms with Gasteiger partial charge in [0, 0.05) is 0 Å². The summed E-state index contributed by atoms with van der Waals surface area (Å²) in [6, 6.07) is 3.85. The molecule has 6 nitrogen and oxygen atoms in total. The van der Waals surface area contributed by atoms with Crippen LogP contribution in [0.3, 0.4) is 0 Å². The van der Waals surface area contributed by atoms with Crippen molar-refractivity contribution in [1.82, 2.24) is 19.7 Å². The zero-order valence-electron chi connectivity index (χ0n) is 15.3. The van der Waals surface area contributed by atoms with E-state index < -0.39 is 41.1 Å². The van der Waals surface area contributed by atoms with Crippen molar-refractivity contribution < 1.29 is 17.6 Å². The summed E-state index contributed by atoms with van der Waals surface area (Å²) in [5.74, 6) is 0. The van der Waals surface area contributed by atoms with E-state index in [2.05, 4.69) is 10.1 Å². The Morgan fingerprint density at radius 3 is 2.18 bits per heavy atom. The molecule has 3 rings (SSSR count). The minimum atomic E-state index is -4.48. The molecule has 2 aromatic heterocycles. The van der Waals surface area contributed by atoms with E-state index in [-0.39, 0.29) is 16.7 Å². The van der Waals surface area contributed by atoms with E-state index in [0.29, 0.717) is 5.56 Å². The normalized spacial score (nSPS) is 13.8. The van der Waals surface area contributed by atoms with Gasteiger partial charge in [-0.25, -0.2) is 13.9 Å². The molecule has 2 N–H and O–H groups in total. The predicted octanol–water partition coefficient (Wildman–Crippen LogP) is 3.54. The average molecular weight is 398 g/mol. The first-order valence-corrected chi connectivity index (χ1v) is 8.40. The highest BCUT2D eigenvalue weighted by atomic mass is 19.4. The summed E-state index contributed by atoms with van der Waals surface area (Å²) in [7, 11) is 0. The van der Waals surface area contributed by atoms with Gasteiger partial charge in [-0.3, -0.25) is 14.8 Å². The van der Waals surface area contributed by atoms with Crippen LogP contribution in [0.2, 0.25) is 0 Å². The lowest BCUT2D eigenvalue weighted by atomic mass is 9.82. The first kappa shape index (κ1) is 19.8. The van der Waals surface area contributed by atoms with E-state index >= 15 is 0 Å². The molecule has 3 aromatic rings. The number of aromatic amines is 2. The van der Waals surface area contributed by atoms with Crippen LogP contribution in [-0.4, -0.2) is 19.7 Å². The van der Waals surface area contributed by atoms with Gasteiger partial charge in [-0.05, 0) is 23.1 Å². The second kappa shape index (κ2) is 6.61. The minimum Gasteiger partial charge on any atom is -0.291 e. The van der Waals surface area contributed by atoms with Gasteiger partial charge in [0.25, 0.3) is 5.56 Å². The van der Waals surface area contributed by atoms with Crippen LogP contribution in [-0.2, 0) is 12.9 Å². The molecule has 0 fully saturated rings. The van der Waals surface area contributed by atoms with Gasteiger partial charge in [0.05, 0.1) is 11.6 Å². The van der Waals surface area contributed by atoms with E-state index in [1.807, 2.05) is 25.8 Å². The SMILES string of the molecule is CC(C)(C)[C@H](c1ccc(C(F)(F)F)cc1)n1nc(CF)c2c(=O)[nH]c(=O)[nH]c21. The molecule has 0 saturated heterocycles. The van der Waals surface area contributed by atoms with Crippen LogP contribution in [0, 0.1) is 5.41 Å². The number of benzene rings is 1. The first-order chi connectivity index (χ1) is 12.9.